The highest BCUT2D eigenvalue weighted by Gasteiger charge is 2.39. The number of likely N-dealkylation sites (N-methyl/N-ethyl adjacent to an activating group) is 1. The van der Waals surface area contributed by atoms with Crippen molar-refractivity contribution in [3.05, 3.63) is 47.7 Å². The molecule has 1 nitrogen and oxygen atoms in total. The number of allylic oxidation sites excluding steroid dienone is 6. The molecule has 2 saturated carbocycles. The van der Waals surface area contributed by atoms with Crippen molar-refractivity contribution in [1.29, 1.82) is 0 Å². The number of fused-ring (bicyclic) bond motifs is 1. The van der Waals surface area contributed by atoms with Crippen LogP contribution < -0.4 is 5.32 Å². The molecule has 3 atom stereocenters. The SMILES string of the molecule is C=C/C(NCC)=C1/C[C@H]2CCC(/C=C/CCCCCC)[C@H]2C/C1=C/C. The standard InChI is InChI=1S/C24H39N/c1-5-9-10-11-12-13-14-20-15-16-21-18-23(24(7-3)25-8-4)19(6-2)17-22(20)21/h6-7,13-14,20-22,25H,3,5,8-12,15-18H2,1-2,4H3/b14-13+,19-6-,24-23+/t20?,21-,22-/m1/s1. The normalized spacial score (nSPS) is 29.9. The van der Waals surface area contributed by atoms with E-state index >= 15 is 0 Å². The topological polar surface area (TPSA) is 12.0 Å². The van der Waals surface area contributed by atoms with Gasteiger partial charge in [-0.3, -0.25) is 0 Å². The first-order valence-electron chi connectivity index (χ1n) is 10.7. The van der Waals surface area contributed by atoms with Gasteiger partial charge < -0.3 is 5.32 Å². The fourth-order valence-corrected chi connectivity index (χ4v) is 4.79. The predicted octanol–water partition coefficient (Wildman–Crippen LogP) is 6.95. The first-order valence-corrected chi connectivity index (χ1v) is 10.7. The van der Waals surface area contributed by atoms with Crippen LogP contribution in [0, 0.1) is 17.8 Å². The van der Waals surface area contributed by atoms with E-state index in [2.05, 4.69) is 50.9 Å². The zero-order valence-electron chi connectivity index (χ0n) is 16.8. The van der Waals surface area contributed by atoms with Gasteiger partial charge in [-0.15, -0.1) is 0 Å². The molecule has 0 aromatic carbocycles. The number of unbranched alkanes of at least 4 members (excludes halogenated alkanes) is 4. The molecule has 0 aromatic heterocycles. The second-order valence-corrected chi connectivity index (χ2v) is 7.79. The molecule has 1 unspecified atom stereocenters. The second kappa shape index (κ2) is 10.7. The van der Waals surface area contributed by atoms with E-state index < -0.39 is 0 Å². The summed E-state index contributed by atoms with van der Waals surface area (Å²) in [5.74, 6) is 2.52. The average Bonchev–Trinajstić information content (AvgIpc) is 3.03. The van der Waals surface area contributed by atoms with Gasteiger partial charge in [0.05, 0.1) is 0 Å². The maximum absolute atomic E-state index is 4.04. The molecule has 0 aromatic rings. The van der Waals surface area contributed by atoms with Gasteiger partial charge in [-0.1, -0.05) is 51.0 Å². The molecular formula is C24H39N. The predicted molar refractivity (Wildman–Crippen MR) is 111 cm³/mol. The van der Waals surface area contributed by atoms with E-state index in [1.165, 1.54) is 69.1 Å². The van der Waals surface area contributed by atoms with E-state index in [0.717, 1.165) is 24.3 Å². The quantitative estimate of drug-likeness (QED) is 0.353. The van der Waals surface area contributed by atoms with Gasteiger partial charge in [0.2, 0.25) is 0 Å². The van der Waals surface area contributed by atoms with E-state index in [9.17, 15) is 0 Å². The molecule has 0 bridgehead atoms. The first-order chi connectivity index (χ1) is 12.2. The van der Waals surface area contributed by atoms with Gasteiger partial charge in [0.15, 0.2) is 0 Å². The third-order valence-corrected chi connectivity index (χ3v) is 6.19. The highest BCUT2D eigenvalue weighted by Crippen LogP contribution is 2.50. The van der Waals surface area contributed by atoms with Crippen molar-refractivity contribution >= 4 is 0 Å². The summed E-state index contributed by atoms with van der Waals surface area (Å²) in [6, 6.07) is 0. The van der Waals surface area contributed by atoms with Crippen molar-refractivity contribution in [2.75, 3.05) is 6.54 Å². The Morgan fingerprint density at radius 3 is 2.68 bits per heavy atom. The monoisotopic (exact) mass is 341 g/mol. The highest BCUT2D eigenvalue weighted by atomic mass is 14.9. The molecule has 0 heterocycles. The Labute approximate surface area is 156 Å². The smallest absolute Gasteiger partial charge is 0.0369 e. The van der Waals surface area contributed by atoms with E-state index in [1.807, 2.05) is 6.08 Å². The van der Waals surface area contributed by atoms with Crippen LogP contribution in [0.5, 0.6) is 0 Å². The molecule has 0 amide bonds. The van der Waals surface area contributed by atoms with Crippen LogP contribution in [0.4, 0.5) is 0 Å². The van der Waals surface area contributed by atoms with Crippen molar-refractivity contribution in [2.24, 2.45) is 17.8 Å². The summed E-state index contributed by atoms with van der Waals surface area (Å²) in [6.45, 7) is 11.7. The number of nitrogens with one attached hydrogen (secondary N) is 1. The molecule has 0 spiro atoms. The summed E-state index contributed by atoms with van der Waals surface area (Å²) in [5, 5.41) is 3.52. The lowest BCUT2D eigenvalue weighted by molar-refractivity contribution is 0.320. The Kier molecular flexibility index (Phi) is 8.58. The summed E-state index contributed by atoms with van der Waals surface area (Å²) in [4.78, 5) is 0. The Bertz CT molecular complexity index is 508. The zero-order valence-corrected chi connectivity index (χ0v) is 16.8. The summed E-state index contributed by atoms with van der Waals surface area (Å²) < 4.78 is 0. The van der Waals surface area contributed by atoms with Crippen molar-refractivity contribution in [3.8, 4) is 0 Å². The molecule has 2 fully saturated rings. The lowest BCUT2D eigenvalue weighted by atomic mass is 9.72. The Hall–Kier alpha value is -1.24. The van der Waals surface area contributed by atoms with Crippen LogP contribution in [0.3, 0.4) is 0 Å². The minimum atomic E-state index is 0.805. The lowest BCUT2D eigenvalue weighted by Crippen LogP contribution is -2.24. The van der Waals surface area contributed by atoms with Gasteiger partial charge >= 0.3 is 0 Å². The van der Waals surface area contributed by atoms with E-state index in [4.69, 9.17) is 0 Å². The lowest BCUT2D eigenvalue weighted by Gasteiger charge is -2.33. The van der Waals surface area contributed by atoms with Crippen molar-refractivity contribution in [1.82, 2.24) is 5.32 Å². The first kappa shape index (κ1) is 20.1. The van der Waals surface area contributed by atoms with Crippen molar-refractivity contribution < 1.29 is 0 Å². The molecule has 2 aliphatic carbocycles. The van der Waals surface area contributed by atoms with Crippen LogP contribution in [0.15, 0.2) is 47.7 Å². The minimum absolute atomic E-state index is 0.805. The van der Waals surface area contributed by atoms with Crippen LogP contribution in [0.25, 0.3) is 0 Å². The second-order valence-electron chi connectivity index (χ2n) is 7.79. The van der Waals surface area contributed by atoms with Crippen molar-refractivity contribution in [2.45, 2.75) is 78.6 Å². The van der Waals surface area contributed by atoms with Crippen LogP contribution in [0.2, 0.25) is 0 Å². The maximum atomic E-state index is 4.04. The average molecular weight is 342 g/mol. The Morgan fingerprint density at radius 1 is 1.16 bits per heavy atom. The van der Waals surface area contributed by atoms with Gasteiger partial charge in [0.25, 0.3) is 0 Å². The third kappa shape index (κ3) is 5.36. The van der Waals surface area contributed by atoms with Crippen LogP contribution >= 0.6 is 0 Å². The van der Waals surface area contributed by atoms with Gasteiger partial charge in [-0.2, -0.15) is 0 Å². The molecule has 25 heavy (non-hydrogen) atoms. The van der Waals surface area contributed by atoms with Crippen molar-refractivity contribution in [3.63, 3.8) is 0 Å². The van der Waals surface area contributed by atoms with Gasteiger partial charge in [0.1, 0.15) is 0 Å². The fourth-order valence-electron chi connectivity index (χ4n) is 4.79. The zero-order chi connectivity index (χ0) is 18.1. The molecule has 1 N–H and O–H groups in total. The summed E-state index contributed by atoms with van der Waals surface area (Å²) in [7, 11) is 0. The fraction of sp³-hybridized carbons (Fsp3) is 0.667. The minimum Gasteiger partial charge on any atom is -0.385 e. The molecule has 2 aliphatic rings. The van der Waals surface area contributed by atoms with Gasteiger partial charge in [-0.05, 0) is 87.3 Å². The molecular weight excluding hydrogens is 302 g/mol. The largest absolute Gasteiger partial charge is 0.385 e. The van der Waals surface area contributed by atoms with Crippen LogP contribution in [-0.4, -0.2) is 6.54 Å². The molecule has 140 valence electrons. The maximum Gasteiger partial charge on any atom is 0.0369 e. The molecule has 1 heteroatoms. The Balaban J connectivity index is 1.99. The molecule has 0 aliphatic heterocycles. The third-order valence-electron chi connectivity index (χ3n) is 6.19. The van der Waals surface area contributed by atoms with Gasteiger partial charge in [0, 0.05) is 12.2 Å². The van der Waals surface area contributed by atoms with Crippen LogP contribution in [-0.2, 0) is 0 Å². The highest BCUT2D eigenvalue weighted by molar-refractivity contribution is 5.41. The summed E-state index contributed by atoms with van der Waals surface area (Å²) in [6.07, 6.45) is 21.4. The van der Waals surface area contributed by atoms with E-state index in [1.54, 1.807) is 5.57 Å². The molecule has 2 rings (SSSR count). The summed E-state index contributed by atoms with van der Waals surface area (Å²) >= 11 is 0. The number of hydrogen-bond acceptors (Lipinski definition) is 1. The molecule has 0 saturated heterocycles. The van der Waals surface area contributed by atoms with Crippen LogP contribution in [0.1, 0.15) is 78.6 Å². The Morgan fingerprint density at radius 2 is 2.00 bits per heavy atom. The number of rotatable bonds is 9. The van der Waals surface area contributed by atoms with E-state index in [-0.39, 0.29) is 0 Å². The number of hydrogen-bond donors (Lipinski definition) is 1. The summed E-state index contributed by atoms with van der Waals surface area (Å²) in [5.41, 5.74) is 4.36. The van der Waals surface area contributed by atoms with E-state index in [0.29, 0.717) is 0 Å². The molecule has 0 radical (unpaired) electrons. The van der Waals surface area contributed by atoms with Gasteiger partial charge in [-0.25, -0.2) is 0 Å².